The molecule has 1 fully saturated rings. The lowest BCUT2D eigenvalue weighted by Crippen LogP contribution is -2.13. The van der Waals surface area contributed by atoms with Gasteiger partial charge in [0.15, 0.2) is 23.2 Å². The van der Waals surface area contributed by atoms with Gasteiger partial charge in [-0.05, 0) is 85.3 Å². The van der Waals surface area contributed by atoms with Crippen molar-refractivity contribution in [2.24, 2.45) is 5.92 Å². The minimum absolute atomic E-state index is 0.0322. The SMILES string of the molecule is C=CCCOc1ccc(/C=C/C2CCC(c3ccc(-c4ccc(C(C)O)cc4)c(F)c3F)CC2)cc1F. The van der Waals surface area contributed by atoms with Gasteiger partial charge in [-0.2, -0.15) is 0 Å². The van der Waals surface area contributed by atoms with Crippen LogP contribution in [0, 0.1) is 23.4 Å². The van der Waals surface area contributed by atoms with Crippen LogP contribution >= 0.6 is 0 Å². The molecule has 1 unspecified atom stereocenters. The molecule has 0 bridgehead atoms. The third-order valence-corrected chi connectivity index (χ3v) is 7.12. The Bertz CT molecular complexity index is 1240. The quantitative estimate of drug-likeness (QED) is 0.232. The number of ether oxygens (including phenoxy) is 1. The summed E-state index contributed by atoms with van der Waals surface area (Å²) in [5, 5.41) is 9.67. The molecular formula is C32H33F3O2. The first-order chi connectivity index (χ1) is 17.9. The predicted octanol–water partition coefficient (Wildman–Crippen LogP) is 8.77. The van der Waals surface area contributed by atoms with Crippen LogP contribution in [-0.4, -0.2) is 11.7 Å². The molecule has 1 atom stereocenters. The van der Waals surface area contributed by atoms with Crippen LogP contribution in [0.3, 0.4) is 0 Å². The lowest BCUT2D eigenvalue weighted by Gasteiger charge is -2.27. The normalized spacial score (nSPS) is 18.6. The fourth-order valence-electron chi connectivity index (χ4n) is 4.90. The van der Waals surface area contributed by atoms with Crippen molar-refractivity contribution in [2.45, 2.75) is 51.0 Å². The Balaban J connectivity index is 1.37. The van der Waals surface area contributed by atoms with Gasteiger partial charge in [0, 0.05) is 5.56 Å². The molecule has 37 heavy (non-hydrogen) atoms. The van der Waals surface area contributed by atoms with Crippen molar-refractivity contribution in [3.8, 4) is 16.9 Å². The molecule has 0 saturated heterocycles. The molecule has 0 aliphatic heterocycles. The Labute approximate surface area is 217 Å². The van der Waals surface area contributed by atoms with E-state index < -0.39 is 23.6 Å². The van der Waals surface area contributed by atoms with Crippen LogP contribution in [0.2, 0.25) is 0 Å². The van der Waals surface area contributed by atoms with E-state index in [1.807, 2.05) is 12.1 Å². The highest BCUT2D eigenvalue weighted by atomic mass is 19.2. The Morgan fingerprint density at radius 1 is 0.973 bits per heavy atom. The maximum atomic E-state index is 15.1. The number of benzene rings is 3. The van der Waals surface area contributed by atoms with Gasteiger partial charge < -0.3 is 9.84 Å². The van der Waals surface area contributed by atoms with Gasteiger partial charge in [0.1, 0.15) is 0 Å². The van der Waals surface area contributed by atoms with Gasteiger partial charge in [-0.25, -0.2) is 13.2 Å². The Morgan fingerprint density at radius 3 is 2.35 bits per heavy atom. The standard InChI is InChI=1S/C32H33F3O2/c1-3-4-19-37-30-18-9-23(20-29(30)33)6-5-22-7-10-25(11-8-22)27-16-17-28(32(35)31(27)34)26-14-12-24(13-15-26)21(2)36/h3,5-6,9,12-18,20-22,25,36H,1,4,7-8,10-11,19H2,2H3/b6-5+. The molecule has 1 N–H and O–H groups in total. The molecule has 4 rings (SSSR count). The third-order valence-electron chi connectivity index (χ3n) is 7.12. The summed E-state index contributed by atoms with van der Waals surface area (Å²) in [7, 11) is 0. The smallest absolute Gasteiger partial charge is 0.166 e. The molecule has 0 amide bonds. The van der Waals surface area contributed by atoms with Crippen molar-refractivity contribution < 1.29 is 23.0 Å². The highest BCUT2D eigenvalue weighted by Crippen LogP contribution is 2.39. The Kier molecular flexibility index (Phi) is 8.88. The summed E-state index contributed by atoms with van der Waals surface area (Å²) in [6.07, 6.45) is 9.01. The summed E-state index contributed by atoms with van der Waals surface area (Å²) in [4.78, 5) is 0. The fourth-order valence-corrected chi connectivity index (χ4v) is 4.90. The molecule has 0 radical (unpaired) electrons. The molecule has 1 aliphatic rings. The minimum atomic E-state index is -0.830. The monoisotopic (exact) mass is 506 g/mol. The largest absolute Gasteiger partial charge is 0.490 e. The van der Waals surface area contributed by atoms with E-state index in [4.69, 9.17) is 4.74 Å². The predicted molar refractivity (Wildman–Crippen MR) is 143 cm³/mol. The second-order valence-electron chi connectivity index (χ2n) is 9.71. The summed E-state index contributed by atoms with van der Waals surface area (Å²) in [5.74, 6) is -1.49. The van der Waals surface area contributed by atoms with Gasteiger partial charge in [0.25, 0.3) is 0 Å². The lowest BCUT2D eigenvalue weighted by atomic mass is 9.78. The maximum absolute atomic E-state index is 15.1. The van der Waals surface area contributed by atoms with Crippen molar-refractivity contribution in [1.29, 1.82) is 0 Å². The number of aliphatic hydroxyl groups excluding tert-OH is 1. The average molecular weight is 507 g/mol. The van der Waals surface area contributed by atoms with E-state index in [1.165, 1.54) is 6.07 Å². The first-order valence-electron chi connectivity index (χ1n) is 12.8. The van der Waals surface area contributed by atoms with E-state index in [-0.39, 0.29) is 17.2 Å². The summed E-state index contributed by atoms with van der Waals surface area (Å²) < 4.78 is 49.8. The van der Waals surface area contributed by atoms with Crippen molar-refractivity contribution >= 4 is 6.08 Å². The summed E-state index contributed by atoms with van der Waals surface area (Å²) in [6, 6.07) is 15.1. The number of hydrogen-bond donors (Lipinski definition) is 1. The number of halogens is 3. The summed E-state index contributed by atoms with van der Waals surface area (Å²) in [5.41, 5.74) is 2.72. The van der Waals surface area contributed by atoms with Crippen LogP contribution in [0.4, 0.5) is 13.2 Å². The van der Waals surface area contributed by atoms with Gasteiger partial charge in [-0.1, -0.05) is 60.7 Å². The minimum Gasteiger partial charge on any atom is -0.490 e. The number of rotatable bonds is 9. The van der Waals surface area contributed by atoms with Crippen molar-refractivity contribution in [1.82, 2.24) is 0 Å². The molecule has 2 nitrogen and oxygen atoms in total. The zero-order valence-corrected chi connectivity index (χ0v) is 21.1. The van der Waals surface area contributed by atoms with Crippen LogP contribution in [0.25, 0.3) is 17.2 Å². The van der Waals surface area contributed by atoms with E-state index in [2.05, 4.69) is 12.7 Å². The topological polar surface area (TPSA) is 29.5 Å². The molecule has 3 aromatic carbocycles. The molecule has 5 heteroatoms. The van der Waals surface area contributed by atoms with Crippen LogP contribution in [-0.2, 0) is 0 Å². The third kappa shape index (κ3) is 6.53. The average Bonchev–Trinajstić information content (AvgIpc) is 2.91. The summed E-state index contributed by atoms with van der Waals surface area (Å²) >= 11 is 0. The van der Waals surface area contributed by atoms with Crippen LogP contribution in [0.15, 0.2) is 73.3 Å². The van der Waals surface area contributed by atoms with Gasteiger partial charge >= 0.3 is 0 Å². The zero-order valence-electron chi connectivity index (χ0n) is 21.1. The molecule has 194 valence electrons. The number of hydrogen-bond acceptors (Lipinski definition) is 2. The first-order valence-corrected chi connectivity index (χ1v) is 12.8. The van der Waals surface area contributed by atoms with Crippen LogP contribution in [0.5, 0.6) is 5.75 Å². The number of aliphatic hydroxyl groups is 1. The molecule has 1 aliphatic carbocycles. The molecule has 0 spiro atoms. The second-order valence-corrected chi connectivity index (χ2v) is 9.71. The van der Waals surface area contributed by atoms with Crippen LogP contribution < -0.4 is 4.74 Å². The molecular weight excluding hydrogens is 473 g/mol. The summed E-state index contributed by atoms with van der Waals surface area (Å²) in [6.45, 7) is 5.68. The number of allylic oxidation sites excluding steroid dienone is 1. The molecule has 0 aromatic heterocycles. The highest BCUT2D eigenvalue weighted by Gasteiger charge is 2.26. The first kappa shape index (κ1) is 26.7. The Hall–Kier alpha value is -3.31. The molecule has 0 heterocycles. The highest BCUT2D eigenvalue weighted by molar-refractivity contribution is 5.65. The lowest BCUT2D eigenvalue weighted by molar-refractivity contribution is 0.199. The van der Waals surface area contributed by atoms with Crippen molar-refractivity contribution in [3.63, 3.8) is 0 Å². The van der Waals surface area contributed by atoms with Gasteiger partial charge in [0.05, 0.1) is 12.7 Å². The van der Waals surface area contributed by atoms with E-state index in [0.29, 0.717) is 30.1 Å². The van der Waals surface area contributed by atoms with E-state index in [9.17, 15) is 9.50 Å². The maximum Gasteiger partial charge on any atom is 0.166 e. The van der Waals surface area contributed by atoms with Gasteiger partial charge in [0.2, 0.25) is 0 Å². The zero-order chi connectivity index (χ0) is 26.4. The van der Waals surface area contributed by atoms with Gasteiger partial charge in [-0.3, -0.25) is 0 Å². The van der Waals surface area contributed by atoms with E-state index in [0.717, 1.165) is 36.8 Å². The van der Waals surface area contributed by atoms with E-state index in [1.54, 1.807) is 55.5 Å². The van der Waals surface area contributed by atoms with Crippen molar-refractivity contribution in [2.75, 3.05) is 6.61 Å². The van der Waals surface area contributed by atoms with Crippen molar-refractivity contribution in [3.05, 3.63) is 107 Å². The fraction of sp³-hybridized carbons (Fsp3) is 0.312. The molecule has 1 saturated carbocycles. The van der Waals surface area contributed by atoms with Gasteiger partial charge in [-0.15, -0.1) is 6.58 Å². The molecule has 3 aromatic rings. The van der Waals surface area contributed by atoms with Crippen LogP contribution in [0.1, 0.15) is 67.7 Å². The Morgan fingerprint density at radius 2 is 1.70 bits per heavy atom. The van der Waals surface area contributed by atoms with E-state index >= 15 is 8.78 Å². The second kappa shape index (κ2) is 12.3.